The maximum Gasteiger partial charge on any atom is 0.226 e. The molecule has 2 aromatic rings. The van der Waals surface area contributed by atoms with Crippen molar-refractivity contribution >= 4 is 22.4 Å². The number of hydrogen-bond donors (Lipinski definition) is 1. The van der Waals surface area contributed by atoms with Crippen LogP contribution in [0.4, 0.5) is 5.13 Å². The fourth-order valence-electron chi connectivity index (χ4n) is 3.31. The highest BCUT2D eigenvalue weighted by molar-refractivity contribution is 7.15. The van der Waals surface area contributed by atoms with Gasteiger partial charge in [0.2, 0.25) is 5.91 Å². The van der Waals surface area contributed by atoms with Gasteiger partial charge in [0.1, 0.15) is 11.5 Å². The maximum absolute atomic E-state index is 12.1. The number of hydrogen-bond acceptors (Lipinski definition) is 6. The van der Waals surface area contributed by atoms with Crippen LogP contribution in [0.1, 0.15) is 43.9 Å². The number of amides is 1. The number of thiazole rings is 1. The van der Waals surface area contributed by atoms with Gasteiger partial charge in [-0.15, -0.1) is 11.3 Å². The highest BCUT2D eigenvalue weighted by atomic mass is 32.1. The molecule has 7 heteroatoms. The van der Waals surface area contributed by atoms with Gasteiger partial charge in [-0.1, -0.05) is 6.42 Å². The van der Waals surface area contributed by atoms with Gasteiger partial charge in [-0.05, 0) is 57.0 Å². The number of benzene rings is 1. The average Bonchev–Trinajstić information content (AvgIpc) is 3.14. The Hall–Kier alpha value is -2.12. The summed E-state index contributed by atoms with van der Waals surface area (Å²) < 4.78 is 10.8. The molecule has 0 bridgehead atoms. The molecule has 1 fully saturated rings. The van der Waals surface area contributed by atoms with E-state index in [2.05, 4.69) is 22.1 Å². The van der Waals surface area contributed by atoms with E-state index < -0.39 is 0 Å². The molecule has 6 nitrogen and oxygen atoms in total. The summed E-state index contributed by atoms with van der Waals surface area (Å²) >= 11 is 1.57. The summed E-state index contributed by atoms with van der Waals surface area (Å²) in [5.41, 5.74) is 0. The highest BCUT2D eigenvalue weighted by Crippen LogP contribution is 2.24. The number of methoxy groups -OCH3 is 1. The predicted octanol–water partition coefficient (Wildman–Crippen LogP) is 4.32. The lowest BCUT2D eigenvalue weighted by Gasteiger charge is -2.32. The number of piperidine rings is 1. The van der Waals surface area contributed by atoms with Gasteiger partial charge in [0.25, 0.3) is 0 Å². The number of likely N-dealkylation sites (tertiary alicyclic amines) is 1. The van der Waals surface area contributed by atoms with Gasteiger partial charge in [0.05, 0.1) is 13.7 Å². The van der Waals surface area contributed by atoms with E-state index in [0.29, 0.717) is 30.6 Å². The van der Waals surface area contributed by atoms with Crippen molar-refractivity contribution in [1.29, 1.82) is 0 Å². The van der Waals surface area contributed by atoms with E-state index in [4.69, 9.17) is 9.47 Å². The number of aromatic nitrogens is 1. The number of nitrogens with zero attached hydrogens (tertiary/aromatic N) is 2. The van der Waals surface area contributed by atoms with Crippen molar-refractivity contribution < 1.29 is 14.3 Å². The Balaban J connectivity index is 1.36. The number of carbonyl (C=O) groups excluding carboxylic acids is 1. The Morgan fingerprint density at radius 3 is 2.82 bits per heavy atom. The molecule has 152 valence electrons. The second-order valence-corrected chi connectivity index (χ2v) is 8.24. The molecule has 1 aromatic heterocycles. The Bertz CT molecular complexity index is 748. The molecule has 1 N–H and O–H groups in total. The van der Waals surface area contributed by atoms with E-state index in [9.17, 15) is 4.79 Å². The minimum atomic E-state index is -0.0226. The van der Waals surface area contributed by atoms with Crippen LogP contribution in [0.5, 0.6) is 11.5 Å². The normalized spacial score (nSPS) is 17.3. The number of nitrogens with one attached hydrogen (secondary N) is 1. The van der Waals surface area contributed by atoms with E-state index in [1.807, 2.05) is 30.5 Å². The minimum absolute atomic E-state index is 0.0226. The largest absolute Gasteiger partial charge is 0.497 e. The molecule has 1 aromatic carbocycles. The zero-order valence-electron chi connectivity index (χ0n) is 16.6. The smallest absolute Gasteiger partial charge is 0.226 e. The summed E-state index contributed by atoms with van der Waals surface area (Å²) in [4.78, 5) is 20.2. The average molecular weight is 404 g/mol. The molecule has 0 aliphatic carbocycles. The van der Waals surface area contributed by atoms with E-state index in [1.165, 1.54) is 24.1 Å². The van der Waals surface area contributed by atoms with Gasteiger partial charge in [-0.2, -0.15) is 0 Å². The van der Waals surface area contributed by atoms with Crippen molar-refractivity contribution in [3.05, 3.63) is 35.3 Å². The van der Waals surface area contributed by atoms with Gasteiger partial charge in [-0.25, -0.2) is 4.98 Å². The minimum Gasteiger partial charge on any atom is -0.497 e. The monoisotopic (exact) mass is 403 g/mol. The zero-order chi connectivity index (χ0) is 19.8. The lowest BCUT2D eigenvalue weighted by Crippen LogP contribution is -2.36. The van der Waals surface area contributed by atoms with Crippen LogP contribution < -0.4 is 14.8 Å². The third-order valence-corrected chi connectivity index (χ3v) is 5.87. The molecule has 1 unspecified atom stereocenters. The quantitative estimate of drug-likeness (QED) is 0.632. The van der Waals surface area contributed by atoms with Gasteiger partial charge >= 0.3 is 0 Å². The lowest BCUT2D eigenvalue weighted by atomic mass is 10.0. The summed E-state index contributed by atoms with van der Waals surface area (Å²) in [6.07, 6.45) is 6.81. The van der Waals surface area contributed by atoms with Crippen molar-refractivity contribution in [1.82, 2.24) is 9.88 Å². The lowest BCUT2D eigenvalue weighted by molar-refractivity contribution is -0.116. The second-order valence-electron chi connectivity index (χ2n) is 7.12. The number of carbonyl (C=O) groups is 1. The molecule has 0 saturated carbocycles. The van der Waals surface area contributed by atoms with Crippen molar-refractivity contribution in [2.45, 2.75) is 51.6 Å². The molecule has 1 aliphatic rings. The summed E-state index contributed by atoms with van der Waals surface area (Å²) in [6.45, 7) is 4.85. The molecule has 2 heterocycles. The first-order valence-electron chi connectivity index (χ1n) is 9.89. The summed E-state index contributed by atoms with van der Waals surface area (Å²) in [5, 5.41) is 3.58. The summed E-state index contributed by atoms with van der Waals surface area (Å²) in [5.74, 6) is 1.55. The number of ether oxygens (including phenoxy) is 2. The fourth-order valence-corrected chi connectivity index (χ4v) is 4.16. The molecule has 1 saturated heterocycles. The van der Waals surface area contributed by atoms with E-state index in [1.54, 1.807) is 18.4 Å². The summed E-state index contributed by atoms with van der Waals surface area (Å²) in [6, 6.07) is 8.05. The van der Waals surface area contributed by atoms with Crippen molar-refractivity contribution in [3.63, 3.8) is 0 Å². The molecule has 3 rings (SSSR count). The molecule has 0 radical (unpaired) electrons. The van der Waals surface area contributed by atoms with Gasteiger partial charge in [0.15, 0.2) is 5.13 Å². The molecule has 28 heavy (non-hydrogen) atoms. The van der Waals surface area contributed by atoms with Gasteiger partial charge < -0.3 is 14.8 Å². The summed E-state index contributed by atoms with van der Waals surface area (Å²) in [7, 11) is 1.63. The number of anilines is 1. The second kappa shape index (κ2) is 10.4. The third-order valence-electron chi connectivity index (χ3n) is 4.98. The molecule has 1 aliphatic heterocycles. The third kappa shape index (κ3) is 6.21. The molecule has 0 spiro atoms. The van der Waals surface area contributed by atoms with Crippen LogP contribution in [0.25, 0.3) is 0 Å². The highest BCUT2D eigenvalue weighted by Gasteiger charge is 2.19. The van der Waals surface area contributed by atoms with E-state index in [0.717, 1.165) is 24.6 Å². The Kier molecular flexibility index (Phi) is 7.68. The van der Waals surface area contributed by atoms with Crippen molar-refractivity contribution in [2.75, 3.05) is 25.6 Å². The van der Waals surface area contributed by atoms with Crippen LogP contribution >= 0.6 is 11.3 Å². The first kappa shape index (κ1) is 20.6. The standard InChI is InChI=1S/C21H29N3O3S/c1-16-6-3-4-12-24(16)15-19-14-22-21(28-19)23-20(25)7-5-13-27-18-10-8-17(26-2)9-11-18/h8-11,14,16H,3-7,12-13,15H2,1-2H3,(H,22,23,25). The first-order valence-corrected chi connectivity index (χ1v) is 10.7. The zero-order valence-corrected chi connectivity index (χ0v) is 17.5. The predicted molar refractivity (Wildman–Crippen MR) is 112 cm³/mol. The Morgan fingerprint density at radius 2 is 2.07 bits per heavy atom. The van der Waals surface area contributed by atoms with Crippen LogP contribution in [0.15, 0.2) is 30.5 Å². The fraction of sp³-hybridized carbons (Fsp3) is 0.524. The molecular weight excluding hydrogens is 374 g/mol. The van der Waals surface area contributed by atoms with Gasteiger partial charge in [0, 0.05) is 30.1 Å². The molecule has 1 atom stereocenters. The van der Waals surface area contributed by atoms with Crippen LogP contribution in [0.2, 0.25) is 0 Å². The van der Waals surface area contributed by atoms with Crippen LogP contribution in [0.3, 0.4) is 0 Å². The Labute approximate surface area is 170 Å². The number of rotatable bonds is 9. The SMILES string of the molecule is COc1ccc(OCCCC(=O)Nc2ncc(CN3CCCCC3C)s2)cc1. The van der Waals surface area contributed by atoms with Crippen molar-refractivity contribution in [3.8, 4) is 11.5 Å². The van der Waals surface area contributed by atoms with Crippen LogP contribution in [-0.2, 0) is 11.3 Å². The van der Waals surface area contributed by atoms with E-state index >= 15 is 0 Å². The molecule has 1 amide bonds. The van der Waals surface area contributed by atoms with Gasteiger partial charge in [-0.3, -0.25) is 9.69 Å². The van der Waals surface area contributed by atoms with Crippen molar-refractivity contribution in [2.24, 2.45) is 0 Å². The first-order chi connectivity index (χ1) is 13.6. The topological polar surface area (TPSA) is 63.7 Å². The van der Waals surface area contributed by atoms with Crippen LogP contribution in [0, 0.1) is 0 Å². The Morgan fingerprint density at radius 1 is 1.29 bits per heavy atom. The van der Waals surface area contributed by atoms with Crippen LogP contribution in [-0.4, -0.2) is 42.1 Å². The van der Waals surface area contributed by atoms with E-state index in [-0.39, 0.29) is 5.91 Å². The molecular formula is C21H29N3O3S. The maximum atomic E-state index is 12.1.